The van der Waals surface area contributed by atoms with Gasteiger partial charge in [0.25, 0.3) is 0 Å². The van der Waals surface area contributed by atoms with Crippen molar-refractivity contribution in [3.05, 3.63) is 59.7 Å². The fourth-order valence-corrected chi connectivity index (χ4v) is 3.98. The zero-order valence-electron chi connectivity index (χ0n) is 19.1. The van der Waals surface area contributed by atoms with Crippen LogP contribution in [0.2, 0.25) is 0 Å². The minimum absolute atomic E-state index is 0.0320. The summed E-state index contributed by atoms with van der Waals surface area (Å²) in [5, 5.41) is 14.1. The highest BCUT2D eigenvalue weighted by molar-refractivity contribution is 5.87. The molecule has 9 heteroatoms. The lowest BCUT2D eigenvalue weighted by Crippen LogP contribution is -2.43. The molecule has 1 aliphatic carbocycles. The van der Waals surface area contributed by atoms with Crippen molar-refractivity contribution in [1.82, 2.24) is 10.6 Å². The summed E-state index contributed by atoms with van der Waals surface area (Å²) in [5.41, 5.74) is 4.50. The maximum atomic E-state index is 12.3. The van der Waals surface area contributed by atoms with Crippen molar-refractivity contribution in [3.8, 4) is 11.1 Å². The molecule has 9 nitrogen and oxygen atoms in total. The average molecular weight is 469 g/mol. The minimum Gasteiger partial charge on any atom is -0.480 e. The quantitative estimate of drug-likeness (QED) is 0.457. The van der Waals surface area contributed by atoms with E-state index in [0.717, 1.165) is 29.4 Å². The van der Waals surface area contributed by atoms with Gasteiger partial charge in [-0.1, -0.05) is 48.5 Å². The number of methoxy groups -OCH3 is 1. The molecule has 0 aromatic heterocycles. The van der Waals surface area contributed by atoms with E-state index in [9.17, 15) is 19.2 Å². The number of hydrogen-bond acceptors (Lipinski definition) is 6. The van der Waals surface area contributed by atoms with Gasteiger partial charge >= 0.3 is 18.0 Å². The molecule has 2 atom stereocenters. The van der Waals surface area contributed by atoms with Gasteiger partial charge in [0.1, 0.15) is 12.6 Å². The van der Waals surface area contributed by atoms with Gasteiger partial charge in [0.2, 0.25) is 5.91 Å². The monoisotopic (exact) mass is 468 g/mol. The van der Waals surface area contributed by atoms with E-state index in [4.69, 9.17) is 9.84 Å². The lowest BCUT2D eigenvalue weighted by molar-refractivity contribution is -0.148. The van der Waals surface area contributed by atoms with Gasteiger partial charge in [0, 0.05) is 18.4 Å². The van der Waals surface area contributed by atoms with Crippen LogP contribution in [0.5, 0.6) is 0 Å². The number of nitrogens with one attached hydrogen (secondary N) is 2. The second-order valence-corrected chi connectivity index (χ2v) is 8.15. The molecule has 2 aromatic carbocycles. The smallest absolute Gasteiger partial charge is 0.407 e. The Morgan fingerprint density at radius 3 is 2.12 bits per heavy atom. The number of esters is 1. The van der Waals surface area contributed by atoms with Crippen LogP contribution in [-0.2, 0) is 23.9 Å². The number of benzene rings is 2. The molecule has 0 saturated carbocycles. The molecule has 0 heterocycles. The first-order valence-electron chi connectivity index (χ1n) is 11.0. The van der Waals surface area contributed by atoms with E-state index in [1.807, 2.05) is 36.4 Å². The van der Waals surface area contributed by atoms with E-state index in [1.54, 1.807) is 6.92 Å². The lowest BCUT2D eigenvalue weighted by Gasteiger charge is -2.18. The zero-order chi connectivity index (χ0) is 24.7. The van der Waals surface area contributed by atoms with E-state index >= 15 is 0 Å². The summed E-state index contributed by atoms with van der Waals surface area (Å²) in [6, 6.07) is 14.3. The Balaban J connectivity index is 1.46. The molecule has 34 heavy (non-hydrogen) atoms. The maximum absolute atomic E-state index is 12.3. The van der Waals surface area contributed by atoms with Crippen LogP contribution < -0.4 is 10.6 Å². The van der Waals surface area contributed by atoms with Crippen molar-refractivity contribution in [2.45, 2.75) is 44.2 Å². The predicted molar refractivity (Wildman–Crippen MR) is 123 cm³/mol. The van der Waals surface area contributed by atoms with Crippen LogP contribution in [0.25, 0.3) is 11.1 Å². The van der Waals surface area contributed by atoms with Crippen LogP contribution in [0.15, 0.2) is 48.5 Å². The molecule has 0 fully saturated rings. The van der Waals surface area contributed by atoms with Gasteiger partial charge in [-0.15, -0.1) is 0 Å². The largest absolute Gasteiger partial charge is 0.480 e. The van der Waals surface area contributed by atoms with Gasteiger partial charge in [-0.3, -0.25) is 9.59 Å². The maximum Gasteiger partial charge on any atom is 0.407 e. The van der Waals surface area contributed by atoms with Crippen molar-refractivity contribution in [2.75, 3.05) is 13.7 Å². The summed E-state index contributed by atoms with van der Waals surface area (Å²) in [5.74, 6) is -2.67. The third kappa shape index (κ3) is 6.12. The fraction of sp³-hybridized carbons (Fsp3) is 0.360. The number of alkyl carbamates (subject to hydrolysis) is 1. The standard InChI is InChI=1S/C25H28N2O7/c1-15(11-12-22(28)27-21(24(30)31)13-23(29)33-2)26-25(32)34-14-20-18-9-5-3-7-16(18)17-8-4-6-10-19(17)20/h3-10,15,20-21H,11-14H2,1-2H3,(H,26,32)(H,27,28)(H,30,31)/t15?,21-/m0/s1. The van der Waals surface area contributed by atoms with Gasteiger partial charge < -0.3 is 25.2 Å². The van der Waals surface area contributed by atoms with Crippen molar-refractivity contribution in [1.29, 1.82) is 0 Å². The molecular formula is C25H28N2O7. The van der Waals surface area contributed by atoms with Gasteiger partial charge in [-0.25, -0.2) is 9.59 Å². The molecule has 1 aliphatic rings. The molecule has 0 spiro atoms. The molecule has 180 valence electrons. The number of carboxylic acids is 1. The Kier molecular flexibility index (Phi) is 8.24. The normalized spacial score (nSPS) is 13.7. The third-order valence-electron chi connectivity index (χ3n) is 5.74. The highest BCUT2D eigenvalue weighted by atomic mass is 16.5. The molecule has 3 rings (SSSR count). The van der Waals surface area contributed by atoms with Crippen molar-refractivity contribution < 1.29 is 33.8 Å². The van der Waals surface area contributed by atoms with E-state index in [1.165, 1.54) is 0 Å². The van der Waals surface area contributed by atoms with Crippen LogP contribution >= 0.6 is 0 Å². The topological polar surface area (TPSA) is 131 Å². The number of rotatable bonds is 10. The molecule has 1 unspecified atom stereocenters. The number of carboxylic acid groups (broad SMARTS) is 1. The zero-order valence-corrected chi connectivity index (χ0v) is 19.1. The lowest BCUT2D eigenvalue weighted by atomic mass is 9.98. The Bertz CT molecular complexity index is 1020. The predicted octanol–water partition coefficient (Wildman–Crippen LogP) is 2.83. The van der Waals surface area contributed by atoms with E-state index < -0.39 is 36.4 Å². The summed E-state index contributed by atoms with van der Waals surface area (Å²) >= 11 is 0. The molecule has 0 radical (unpaired) electrons. The first-order valence-corrected chi connectivity index (χ1v) is 11.0. The van der Waals surface area contributed by atoms with E-state index in [0.29, 0.717) is 0 Å². The Morgan fingerprint density at radius 2 is 1.56 bits per heavy atom. The van der Waals surface area contributed by atoms with Crippen LogP contribution in [0.1, 0.15) is 43.2 Å². The first kappa shape index (κ1) is 24.8. The highest BCUT2D eigenvalue weighted by Gasteiger charge is 2.29. The van der Waals surface area contributed by atoms with Crippen LogP contribution in [-0.4, -0.2) is 54.8 Å². The number of carbonyl (C=O) groups is 4. The number of ether oxygens (including phenoxy) is 2. The Hall–Kier alpha value is -3.88. The summed E-state index contributed by atoms with van der Waals surface area (Å²) in [6.07, 6.45) is -0.828. The van der Waals surface area contributed by atoms with Crippen molar-refractivity contribution in [3.63, 3.8) is 0 Å². The summed E-state index contributed by atoms with van der Waals surface area (Å²) in [7, 11) is 1.14. The molecule has 0 aliphatic heterocycles. The van der Waals surface area contributed by atoms with Gasteiger partial charge in [-0.05, 0) is 35.6 Å². The molecule has 3 N–H and O–H groups in total. The van der Waals surface area contributed by atoms with Gasteiger partial charge in [0.15, 0.2) is 0 Å². The summed E-state index contributed by atoms with van der Waals surface area (Å²) in [4.78, 5) is 46.9. The number of aliphatic carboxylic acids is 1. The second-order valence-electron chi connectivity index (χ2n) is 8.15. The number of fused-ring (bicyclic) bond motifs is 3. The third-order valence-corrected chi connectivity index (χ3v) is 5.74. The van der Waals surface area contributed by atoms with Crippen LogP contribution in [0.3, 0.4) is 0 Å². The van der Waals surface area contributed by atoms with Crippen LogP contribution in [0, 0.1) is 0 Å². The number of amides is 2. The molecule has 0 bridgehead atoms. The molecule has 2 amide bonds. The summed E-state index contributed by atoms with van der Waals surface area (Å²) < 4.78 is 9.93. The van der Waals surface area contributed by atoms with E-state index in [-0.39, 0.29) is 31.4 Å². The van der Waals surface area contributed by atoms with Gasteiger partial charge in [0.05, 0.1) is 13.5 Å². The summed E-state index contributed by atoms with van der Waals surface area (Å²) in [6.45, 7) is 1.90. The molecular weight excluding hydrogens is 440 g/mol. The second kappa shape index (κ2) is 11.3. The first-order chi connectivity index (χ1) is 16.3. The van der Waals surface area contributed by atoms with Crippen molar-refractivity contribution in [2.24, 2.45) is 0 Å². The molecule has 0 saturated heterocycles. The van der Waals surface area contributed by atoms with Crippen LogP contribution in [0.4, 0.5) is 4.79 Å². The molecule has 2 aromatic rings. The average Bonchev–Trinajstić information content (AvgIpc) is 3.14. The minimum atomic E-state index is -1.37. The van der Waals surface area contributed by atoms with E-state index in [2.05, 4.69) is 27.5 Å². The highest BCUT2D eigenvalue weighted by Crippen LogP contribution is 2.44. The fourth-order valence-electron chi connectivity index (χ4n) is 3.98. The van der Waals surface area contributed by atoms with Gasteiger partial charge in [-0.2, -0.15) is 0 Å². The number of hydrogen-bond donors (Lipinski definition) is 3. The Labute approximate surface area is 197 Å². The Morgan fingerprint density at radius 1 is 0.971 bits per heavy atom. The number of carbonyl (C=O) groups excluding carboxylic acids is 3. The SMILES string of the molecule is COC(=O)C[C@H](NC(=O)CCC(C)NC(=O)OCC1c2ccccc2-c2ccccc21)C(=O)O. The van der Waals surface area contributed by atoms with Crippen molar-refractivity contribution >= 4 is 23.9 Å².